The predicted molar refractivity (Wildman–Crippen MR) is 89.7 cm³/mol. The Kier molecular flexibility index (Phi) is 4.74. The molecule has 0 fully saturated rings. The molecule has 0 unspecified atom stereocenters. The van der Waals surface area contributed by atoms with Crippen molar-refractivity contribution in [1.82, 2.24) is 14.5 Å². The van der Waals surface area contributed by atoms with Crippen LogP contribution in [0.5, 0.6) is 5.75 Å². The second-order valence-corrected chi connectivity index (χ2v) is 6.34. The number of fused-ring (bicyclic) bond motifs is 1. The number of aromatic nitrogens is 2. The summed E-state index contributed by atoms with van der Waals surface area (Å²) in [6.07, 6.45) is 3.65. The molecule has 1 aromatic carbocycles. The first-order valence-corrected chi connectivity index (χ1v) is 8.35. The summed E-state index contributed by atoms with van der Waals surface area (Å²) in [5, 5.41) is 0. The number of carbonyl (C=O) groups is 1. The molecule has 1 amide bonds. The second-order valence-electron chi connectivity index (χ2n) is 6.34. The van der Waals surface area contributed by atoms with Crippen LogP contribution in [-0.4, -0.2) is 39.4 Å². The van der Waals surface area contributed by atoms with Gasteiger partial charge in [-0.25, -0.2) is 13.8 Å². The van der Waals surface area contributed by atoms with E-state index in [9.17, 15) is 13.6 Å². The quantitative estimate of drug-likeness (QED) is 0.764. The lowest BCUT2D eigenvalue weighted by molar-refractivity contribution is -0.0229. The Morgan fingerprint density at radius 3 is 2.64 bits per heavy atom. The fourth-order valence-electron chi connectivity index (χ4n) is 2.75. The number of carbonyl (C=O) groups excluding carboxylic acids is 1. The highest BCUT2D eigenvalue weighted by molar-refractivity contribution is 5.93. The van der Waals surface area contributed by atoms with Crippen LogP contribution in [0.2, 0.25) is 0 Å². The molecular formula is C18H21F2N3O2. The number of rotatable bonds is 7. The molecule has 0 radical (unpaired) electrons. The summed E-state index contributed by atoms with van der Waals surface area (Å²) in [6, 6.07) is 6.86. The van der Waals surface area contributed by atoms with Crippen molar-refractivity contribution in [3.05, 3.63) is 36.3 Å². The number of ether oxygens (including phenoxy) is 1. The Balaban J connectivity index is 1.74. The molecule has 1 aliphatic rings. The van der Waals surface area contributed by atoms with Gasteiger partial charge in [-0.2, -0.15) is 0 Å². The predicted octanol–water partition coefficient (Wildman–Crippen LogP) is 3.80. The van der Waals surface area contributed by atoms with Gasteiger partial charge in [0, 0.05) is 19.0 Å². The van der Waals surface area contributed by atoms with Crippen LogP contribution < -0.4 is 4.74 Å². The van der Waals surface area contributed by atoms with E-state index in [1.807, 2.05) is 4.57 Å². The Bertz CT molecular complexity index is 751. The van der Waals surface area contributed by atoms with Crippen molar-refractivity contribution >= 4 is 5.91 Å². The Morgan fingerprint density at radius 2 is 2.00 bits per heavy atom. The largest absolute Gasteiger partial charge is 0.487 e. The first-order chi connectivity index (χ1) is 11.9. The average molecular weight is 349 g/mol. The molecule has 0 aliphatic carbocycles. The minimum absolute atomic E-state index is 0.0511. The van der Waals surface area contributed by atoms with Gasteiger partial charge in [0.25, 0.3) is 11.8 Å². The van der Waals surface area contributed by atoms with Crippen molar-refractivity contribution in [3.8, 4) is 17.0 Å². The minimum Gasteiger partial charge on any atom is -0.487 e. The molecule has 0 bridgehead atoms. The molecule has 3 rings (SSSR count). The van der Waals surface area contributed by atoms with Crippen LogP contribution in [0.25, 0.3) is 11.3 Å². The third kappa shape index (κ3) is 3.81. The van der Waals surface area contributed by atoms with E-state index >= 15 is 0 Å². The van der Waals surface area contributed by atoms with E-state index in [1.54, 1.807) is 35.4 Å². The number of hydrogen-bond acceptors (Lipinski definition) is 3. The van der Waals surface area contributed by atoms with E-state index in [4.69, 9.17) is 4.74 Å². The Hall–Kier alpha value is -2.44. The highest BCUT2D eigenvalue weighted by Gasteiger charge is 2.30. The van der Waals surface area contributed by atoms with Gasteiger partial charge in [-0.15, -0.1) is 0 Å². The standard InChI is InChI=1S/C18H21F2N3O2/c1-3-4-9-22-12-23-15(10-21-16(23)17(22)24)13-5-7-14(8-6-13)25-11-18(2,19)20/h5-8,10H,3-4,9,11-12H2,1-2H3. The van der Waals surface area contributed by atoms with Crippen molar-refractivity contribution in [3.63, 3.8) is 0 Å². The van der Waals surface area contributed by atoms with E-state index in [0.717, 1.165) is 37.6 Å². The second kappa shape index (κ2) is 6.82. The molecule has 134 valence electrons. The van der Waals surface area contributed by atoms with Crippen LogP contribution in [-0.2, 0) is 6.67 Å². The Labute approximate surface area is 145 Å². The van der Waals surface area contributed by atoms with Gasteiger partial charge in [0.2, 0.25) is 5.82 Å². The van der Waals surface area contributed by atoms with Crippen molar-refractivity contribution in [2.24, 2.45) is 0 Å². The molecular weight excluding hydrogens is 328 g/mol. The smallest absolute Gasteiger partial charge is 0.291 e. The summed E-state index contributed by atoms with van der Waals surface area (Å²) < 4.78 is 32.7. The normalized spacial score (nSPS) is 14.1. The van der Waals surface area contributed by atoms with Gasteiger partial charge in [-0.05, 0) is 30.7 Å². The first kappa shape index (κ1) is 17.4. The molecule has 5 nitrogen and oxygen atoms in total. The number of unbranched alkanes of at least 4 members (excludes halogenated alkanes) is 1. The molecule has 0 saturated carbocycles. The van der Waals surface area contributed by atoms with Gasteiger partial charge in [-0.3, -0.25) is 4.79 Å². The molecule has 25 heavy (non-hydrogen) atoms. The number of amides is 1. The summed E-state index contributed by atoms with van der Waals surface area (Å²) in [5.41, 5.74) is 1.69. The van der Waals surface area contributed by atoms with Gasteiger partial charge in [0.15, 0.2) is 6.61 Å². The highest BCUT2D eigenvalue weighted by Crippen LogP contribution is 2.28. The maximum Gasteiger partial charge on any atom is 0.291 e. The number of benzene rings is 1. The van der Waals surface area contributed by atoms with Gasteiger partial charge >= 0.3 is 0 Å². The molecule has 2 heterocycles. The zero-order valence-corrected chi connectivity index (χ0v) is 14.3. The zero-order chi connectivity index (χ0) is 18.0. The molecule has 0 N–H and O–H groups in total. The lowest BCUT2D eigenvalue weighted by atomic mass is 10.1. The molecule has 1 aliphatic heterocycles. The monoisotopic (exact) mass is 349 g/mol. The van der Waals surface area contributed by atoms with E-state index in [0.29, 0.717) is 18.2 Å². The van der Waals surface area contributed by atoms with E-state index in [-0.39, 0.29) is 5.91 Å². The van der Waals surface area contributed by atoms with Crippen LogP contribution >= 0.6 is 0 Å². The van der Waals surface area contributed by atoms with Gasteiger partial charge in [-0.1, -0.05) is 13.3 Å². The lowest BCUT2D eigenvalue weighted by Crippen LogP contribution is -2.25. The van der Waals surface area contributed by atoms with Crippen LogP contribution in [0, 0.1) is 0 Å². The minimum atomic E-state index is -2.87. The topological polar surface area (TPSA) is 47.4 Å². The van der Waals surface area contributed by atoms with E-state index in [2.05, 4.69) is 11.9 Å². The molecule has 0 atom stereocenters. The van der Waals surface area contributed by atoms with Gasteiger partial charge in [0.1, 0.15) is 5.75 Å². The summed E-state index contributed by atoms with van der Waals surface area (Å²) >= 11 is 0. The number of alkyl halides is 2. The average Bonchev–Trinajstić information content (AvgIpc) is 3.11. The van der Waals surface area contributed by atoms with Crippen molar-refractivity contribution in [1.29, 1.82) is 0 Å². The van der Waals surface area contributed by atoms with Gasteiger partial charge in [0.05, 0.1) is 18.6 Å². The molecule has 2 aromatic rings. The van der Waals surface area contributed by atoms with Crippen LogP contribution in [0.15, 0.2) is 30.5 Å². The lowest BCUT2D eigenvalue weighted by Gasteiger charge is -2.15. The molecule has 0 spiro atoms. The molecule has 7 heteroatoms. The van der Waals surface area contributed by atoms with Crippen molar-refractivity contribution < 1.29 is 18.3 Å². The fourth-order valence-corrected chi connectivity index (χ4v) is 2.75. The van der Waals surface area contributed by atoms with Gasteiger partial charge < -0.3 is 14.2 Å². The van der Waals surface area contributed by atoms with Crippen molar-refractivity contribution in [2.45, 2.75) is 39.3 Å². The zero-order valence-electron chi connectivity index (χ0n) is 14.3. The third-order valence-corrected chi connectivity index (χ3v) is 4.07. The van der Waals surface area contributed by atoms with Crippen LogP contribution in [0.4, 0.5) is 8.78 Å². The maximum absolute atomic E-state index is 12.8. The SMILES string of the molecule is CCCCN1Cn2c(-c3ccc(OCC(C)(F)F)cc3)cnc2C1=O. The summed E-state index contributed by atoms with van der Waals surface area (Å²) in [6.45, 7) is 3.45. The number of halogens is 2. The number of hydrogen-bond donors (Lipinski definition) is 0. The summed E-state index contributed by atoms with van der Waals surface area (Å²) in [4.78, 5) is 18.4. The van der Waals surface area contributed by atoms with E-state index in [1.165, 1.54) is 0 Å². The summed E-state index contributed by atoms with van der Waals surface area (Å²) in [7, 11) is 0. The molecule has 0 saturated heterocycles. The maximum atomic E-state index is 12.8. The number of nitrogens with zero attached hydrogens (tertiary/aromatic N) is 3. The highest BCUT2D eigenvalue weighted by atomic mass is 19.3. The van der Waals surface area contributed by atoms with Crippen LogP contribution in [0.3, 0.4) is 0 Å². The Morgan fingerprint density at radius 1 is 1.28 bits per heavy atom. The number of imidazole rings is 1. The van der Waals surface area contributed by atoms with Crippen LogP contribution in [0.1, 0.15) is 37.3 Å². The van der Waals surface area contributed by atoms with Crippen molar-refractivity contribution in [2.75, 3.05) is 13.2 Å². The first-order valence-electron chi connectivity index (χ1n) is 8.35. The molecule has 1 aromatic heterocycles. The van der Waals surface area contributed by atoms with E-state index < -0.39 is 12.5 Å². The summed E-state index contributed by atoms with van der Waals surface area (Å²) in [5.74, 6) is -2.10. The fraction of sp³-hybridized carbons (Fsp3) is 0.444. The third-order valence-electron chi connectivity index (χ3n) is 4.07.